The molecule has 70 valence electrons. The Morgan fingerprint density at radius 1 is 1.67 bits per heavy atom. The number of hydrogen-bond donors (Lipinski definition) is 1. The molecule has 1 fully saturated rings. The fraction of sp³-hybridized carbons (Fsp3) is 0.889. The van der Waals surface area contributed by atoms with Gasteiger partial charge in [-0.15, -0.1) is 0 Å². The van der Waals surface area contributed by atoms with E-state index in [1.165, 1.54) is 12.8 Å². The average Bonchev–Trinajstić information content (AvgIpc) is 2.52. The molecule has 12 heavy (non-hydrogen) atoms. The van der Waals surface area contributed by atoms with Gasteiger partial charge in [0.2, 0.25) is 0 Å². The van der Waals surface area contributed by atoms with E-state index in [9.17, 15) is 0 Å². The Labute approximate surface area is 74.1 Å². The average molecular weight is 170 g/mol. The first-order valence-corrected chi connectivity index (χ1v) is 4.71. The van der Waals surface area contributed by atoms with E-state index in [-0.39, 0.29) is 0 Å². The molecule has 1 aliphatic rings. The van der Waals surface area contributed by atoms with Crippen molar-refractivity contribution in [1.29, 1.82) is 0 Å². The molecule has 1 atom stereocenters. The summed E-state index contributed by atoms with van der Waals surface area (Å²) in [5.74, 6) is 0. The van der Waals surface area contributed by atoms with Crippen molar-refractivity contribution >= 4 is 5.71 Å². The standard InChI is InChI=1S/C9H18N2O/c1-3-4-8(2)11-6-5-9(7-11)10-12/h8,12H,3-7H2,1-2H3/b10-9-. The summed E-state index contributed by atoms with van der Waals surface area (Å²) in [5, 5.41) is 11.8. The summed E-state index contributed by atoms with van der Waals surface area (Å²) < 4.78 is 0. The van der Waals surface area contributed by atoms with Gasteiger partial charge in [0.1, 0.15) is 0 Å². The number of rotatable bonds is 3. The predicted molar refractivity (Wildman–Crippen MR) is 49.8 cm³/mol. The SMILES string of the molecule is CCCC(C)N1CC/C(=N/O)C1. The monoisotopic (exact) mass is 170 g/mol. The zero-order chi connectivity index (χ0) is 8.97. The molecule has 0 aliphatic carbocycles. The van der Waals surface area contributed by atoms with Gasteiger partial charge in [-0.3, -0.25) is 4.90 Å². The van der Waals surface area contributed by atoms with Gasteiger partial charge >= 0.3 is 0 Å². The third-order valence-corrected chi connectivity index (χ3v) is 2.54. The molecule has 0 aromatic heterocycles. The second kappa shape index (κ2) is 4.45. The summed E-state index contributed by atoms with van der Waals surface area (Å²) in [6.07, 6.45) is 3.40. The van der Waals surface area contributed by atoms with Crippen LogP contribution < -0.4 is 0 Å². The van der Waals surface area contributed by atoms with Crippen molar-refractivity contribution in [1.82, 2.24) is 4.90 Å². The van der Waals surface area contributed by atoms with E-state index in [1.807, 2.05) is 0 Å². The van der Waals surface area contributed by atoms with Crippen LogP contribution in [0.15, 0.2) is 5.16 Å². The summed E-state index contributed by atoms with van der Waals surface area (Å²) in [6, 6.07) is 0.634. The molecule has 1 saturated heterocycles. The van der Waals surface area contributed by atoms with Crippen LogP contribution in [0.2, 0.25) is 0 Å². The smallest absolute Gasteiger partial charge is 0.0723 e. The third-order valence-electron chi connectivity index (χ3n) is 2.54. The maximum absolute atomic E-state index is 8.56. The fourth-order valence-electron chi connectivity index (χ4n) is 1.72. The lowest BCUT2D eigenvalue weighted by molar-refractivity contribution is 0.252. The summed E-state index contributed by atoms with van der Waals surface area (Å²) in [4.78, 5) is 2.37. The van der Waals surface area contributed by atoms with Crippen molar-refractivity contribution in [3.8, 4) is 0 Å². The highest BCUT2D eigenvalue weighted by Crippen LogP contribution is 2.13. The minimum absolute atomic E-state index is 0.634. The van der Waals surface area contributed by atoms with Crippen molar-refractivity contribution in [2.24, 2.45) is 5.16 Å². The molecule has 0 saturated carbocycles. The van der Waals surface area contributed by atoms with E-state index in [4.69, 9.17) is 5.21 Å². The summed E-state index contributed by atoms with van der Waals surface area (Å²) >= 11 is 0. The number of nitrogens with zero attached hydrogens (tertiary/aromatic N) is 2. The van der Waals surface area contributed by atoms with Crippen LogP contribution in [0, 0.1) is 0 Å². The Kier molecular flexibility index (Phi) is 3.53. The van der Waals surface area contributed by atoms with Gasteiger partial charge < -0.3 is 5.21 Å². The molecule has 1 N–H and O–H groups in total. The number of likely N-dealkylation sites (tertiary alicyclic amines) is 1. The molecule has 1 rings (SSSR count). The van der Waals surface area contributed by atoms with Crippen LogP contribution in [0.25, 0.3) is 0 Å². The molecule has 0 amide bonds. The molecule has 0 radical (unpaired) electrons. The Morgan fingerprint density at radius 3 is 2.92 bits per heavy atom. The minimum Gasteiger partial charge on any atom is -0.411 e. The van der Waals surface area contributed by atoms with Crippen molar-refractivity contribution in [3.05, 3.63) is 0 Å². The van der Waals surface area contributed by atoms with E-state index in [0.29, 0.717) is 6.04 Å². The van der Waals surface area contributed by atoms with Gasteiger partial charge in [-0.25, -0.2) is 0 Å². The van der Waals surface area contributed by atoms with Crippen molar-refractivity contribution < 1.29 is 5.21 Å². The van der Waals surface area contributed by atoms with E-state index in [1.54, 1.807) is 0 Å². The first kappa shape index (κ1) is 9.52. The Morgan fingerprint density at radius 2 is 2.42 bits per heavy atom. The molecule has 0 aromatic rings. The van der Waals surface area contributed by atoms with Crippen LogP contribution in [0.3, 0.4) is 0 Å². The Bertz CT molecular complexity index is 168. The van der Waals surface area contributed by atoms with Crippen molar-refractivity contribution in [3.63, 3.8) is 0 Å². The molecular weight excluding hydrogens is 152 g/mol. The van der Waals surface area contributed by atoms with Gasteiger partial charge in [0, 0.05) is 25.6 Å². The van der Waals surface area contributed by atoms with Crippen LogP contribution in [0.5, 0.6) is 0 Å². The molecule has 1 aliphatic heterocycles. The van der Waals surface area contributed by atoms with Gasteiger partial charge in [-0.2, -0.15) is 0 Å². The van der Waals surface area contributed by atoms with Gasteiger partial charge in [-0.1, -0.05) is 18.5 Å². The second-order valence-electron chi connectivity index (χ2n) is 3.52. The summed E-state index contributed by atoms with van der Waals surface area (Å²) in [5.41, 5.74) is 0.929. The van der Waals surface area contributed by atoms with E-state index in [2.05, 4.69) is 23.9 Å². The Balaban J connectivity index is 2.35. The quantitative estimate of drug-likeness (QED) is 0.517. The molecule has 0 spiro atoms. The van der Waals surface area contributed by atoms with Crippen LogP contribution in [0.4, 0.5) is 0 Å². The van der Waals surface area contributed by atoms with Crippen LogP contribution in [0.1, 0.15) is 33.1 Å². The summed E-state index contributed by atoms with van der Waals surface area (Å²) in [6.45, 7) is 6.36. The largest absolute Gasteiger partial charge is 0.411 e. The lowest BCUT2D eigenvalue weighted by Gasteiger charge is -2.22. The highest BCUT2D eigenvalue weighted by molar-refractivity contribution is 5.87. The first-order valence-electron chi connectivity index (χ1n) is 4.71. The zero-order valence-corrected chi connectivity index (χ0v) is 7.95. The lowest BCUT2D eigenvalue weighted by atomic mass is 10.2. The second-order valence-corrected chi connectivity index (χ2v) is 3.52. The maximum Gasteiger partial charge on any atom is 0.0723 e. The molecule has 3 heteroatoms. The topological polar surface area (TPSA) is 35.8 Å². The predicted octanol–water partition coefficient (Wildman–Crippen LogP) is 1.71. The molecule has 1 heterocycles. The van der Waals surface area contributed by atoms with Crippen LogP contribution in [-0.4, -0.2) is 35.0 Å². The normalized spacial score (nSPS) is 25.0. The fourth-order valence-corrected chi connectivity index (χ4v) is 1.72. The van der Waals surface area contributed by atoms with Crippen LogP contribution >= 0.6 is 0 Å². The highest BCUT2D eigenvalue weighted by Gasteiger charge is 2.21. The van der Waals surface area contributed by atoms with Gasteiger partial charge in [0.05, 0.1) is 5.71 Å². The van der Waals surface area contributed by atoms with Gasteiger partial charge in [0.15, 0.2) is 0 Å². The van der Waals surface area contributed by atoms with Gasteiger partial charge in [-0.05, 0) is 13.3 Å². The van der Waals surface area contributed by atoms with Crippen LogP contribution in [-0.2, 0) is 0 Å². The third kappa shape index (κ3) is 2.21. The van der Waals surface area contributed by atoms with E-state index >= 15 is 0 Å². The zero-order valence-electron chi connectivity index (χ0n) is 7.95. The lowest BCUT2D eigenvalue weighted by Crippen LogP contribution is -2.30. The van der Waals surface area contributed by atoms with E-state index < -0.39 is 0 Å². The Hall–Kier alpha value is -0.570. The minimum atomic E-state index is 0.634. The first-order chi connectivity index (χ1) is 5.77. The molecule has 1 unspecified atom stereocenters. The summed E-state index contributed by atoms with van der Waals surface area (Å²) in [7, 11) is 0. The number of hydrogen-bond acceptors (Lipinski definition) is 3. The highest BCUT2D eigenvalue weighted by atomic mass is 16.4. The molecule has 0 bridgehead atoms. The molecule has 0 aromatic carbocycles. The number of oxime groups is 1. The molecule has 3 nitrogen and oxygen atoms in total. The van der Waals surface area contributed by atoms with Crippen molar-refractivity contribution in [2.75, 3.05) is 13.1 Å². The van der Waals surface area contributed by atoms with E-state index in [0.717, 1.165) is 25.2 Å². The molecular formula is C9H18N2O. The maximum atomic E-state index is 8.56. The van der Waals surface area contributed by atoms with Crippen molar-refractivity contribution in [2.45, 2.75) is 39.2 Å². The van der Waals surface area contributed by atoms with Gasteiger partial charge in [0.25, 0.3) is 0 Å².